The number of halogens is 6. The molecular formula is C11H9F6NO3. The van der Waals surface area contributed by atoms with Gasteiger partial charge >= 0.3 is 18.3 Å². The first-order valence-corrected chi connectivity index (χ1v) is 5.27. The van der Waals surface area contributed by atoms with E-state index in [9.17, 15) is 31.1 Å². The molecule has 0 aliphatic heterocycles. The Morgan fingerprint density at radius 1 is 1.19 bits per heavy atom. The van der Waals surface area contributed by atoms with E-state index in [1.165, 1.54) is 6.92 Å². The molecule has 0 spiro atoms. The molecule has 0 unspecified atom stereocenters. The zero-order valence-electron chi connectivity index (χ0n) is 10.3. The first-order valence-electron chi connectivity index (χ1n) is 5.27. The number of nitrogen functional groups attached to an aromatic ring is 1. The van der Waals surface area contributed by atoms with E-state index in [4.69, 9.17) is 10.8 Å². The number of carboxylic acid groups (broad SMARTS) is 1. The van der Waals surface area contributed by atoms with Crippen molar-refractivity contribution in [1.29, 1.82) is 0 Å². The van der Waals surface area contributed by atoms with E-state index in [1.54, 1.807) is 0 Å². The van der Waals surface area contributed by atoms with E-state index in [2.05, 4.69) is 4.74 Å². The molecular weight excluding hydrogens is 308 g/mol. The highest BCUT2D eigenvalue weighted by Crippen LogP contribution is 2.37. The number of carbonyl (C=O) groups is 1. The Kier molecular flexibility index (Phi) is 4.30. The molecule has 0 atom stereocenters. The van der Waals surface area contributed by atoms with Crippen LogP contribution in [0, 0.1) is 6.92 Å². The van der Waals surface area contributed by atoms with Crippen LogP contribution in [-0.4, -0.2) is 29.5 Å². The predicted molar refractivity (Wildman–Crippen MR) is 59.1 cm³/mol. The molecule has 0 saturated carbocycles. The van der Waals surface area contributed by atoms with Gasteiger partial charge in [-0.3, -0.25) is 0 Å². The van der Waals surface area contributed by atoms with Crippen LogP contribution in [0.4, 0.5) is 32.0 Å². The summed E-state index contributed by atoms with van der Waals surface area (Å²) >= 11 is 0. The molecule has 0 aliphatic rings. The molecule has 0 aromatic heterocycles. The van der Waals surface area contributed by atoms with Gasteiger partial charge in [-0.2, -0.15) is 26.3 Å². The van der Waals surface area contributed by atoms with Gasteiger partial charge < -0.3 is 15.6 Å². The Labute approximate surface area is 114 Å². The fourth-order valence-corrected chi connectivity index (χ4v) is 1.47. The minimum Gasteiger partial charge on any atom is -0.478 e. The van der Waals surface area contributed by atoms with Gasteiger partial charge in [0.25, 0.3) is 6.10 Å². The third-order valence-electron chi connectivity index (χ3n) is 2.44. The Morgan fingerprint density at radius 3 is 2.05 bits per heavy atom. The van der Waals surface area contributed by atoms with Crippen LogP contribution in [0.2, 0.25) is 0 Å². The standard InChI is InChI=1S/C11H9F6NO3/c1-4-2-5(3-6(7(4)18)8(19)20)21-9(10(12,13)14)11(15,16)17/h2-3,9H,18H2,1H3,(H,19,20). The van der Waals surface area contributed by atoms with Gasteiger partial charge in [-0.1, -0.05) is 0 Å². The number of benzene rings is 1. The van der Waals surface area contributed by atoms with Crippen molar-refractivity contribution in [2.75, 3.05) is 5.73 Å². The fraction of sp³-hybridized carbons (Fsp3) is 0.364. The number of hydrogen-bond acceptors (Lipinski definition) is 3. The SMILES string of the molecule is Cc1cc(OC(C(F)(F)F)C(F)(F)F)cc(C(=O)O)c1N. The van der Waals surface area contributed by atoms with E-state index in [0.717, 1.165) is 6.07 Å². The minimum absolute atomic E-state index is 0.0204. The maximum atomic E-state index is 12.4. The molecule has 0 fully saturated rings. The highest BCUT2D eigenvalue weighted by atomic mass is 19.4. The predicted octanol–water partition coefficient (Wildman–Crippen LogP) is 3.15. The molecule has 118 valence electrons. The third-order valence-corrected chi connectivity index (χ3v) is 2.44. The lowest BCUT2D eigenvalue weighted by molar-refractivity contribution is -0.299. The second kappa shape index (κ2) is 5.34. The fourth-order valence-electron chi connectivity index (χ4n) is 1.47. The molecule has 4 nitrogen and oxygen atoms in total. The second-order valence-corrected chi connectivity index (χ2v) is 4.09. The van der Waals surface area contributed by atoms with Crippen LogP contribution in [0.1, 0.15) is 15.9 Å². The van der Waals surface area contributed by atoms with Crippen molar-refractivity contribution < 1.29 is 41.0 Å². The molecule has 10 heteroatoms. The molecule has 0 aliphatic carbocycles. The summed E-state index contributed by atoms with van der Waals surface area (Å²) in [5.74, 6) is -2.49. The highest BCUT2D eigenvalue weighted by Gasteiger charge is 2.59. The number of rotatable bonds is 3. The smallest absolute Gasteiger partial charge is 0.434 e. The van der Waals surface area contributed by atoms with Crippen LogP contribution >= 0.6 is 0 Å². The lowest BCUT2D eigenvalue weighted by Gasteiger charge is -2.24. The van der Waals surface area contributed by atoms with Crippen molar-refractivity contribution in [2.24, 2.45) is 0 Å². The average molecular weight is 317 g/mol. The largest absolute Gasteiger partial charge is 0.478 e. The van der Waals surface area contributed by atoms with Crippen molar-refractivity contribution in [1.82, 2.24) is 0 Å². The van der Waals surface area contributed by atoms with E-state index in [1.807, 2.05) is 0 Å². The summed E-state index contributed by atoms with van der Waals surface area (Å²) in [5, 5.41) is 8.79. The number of carboxylic acids is 1. The maximum absolute atomic E-state index is 12.4. The summed E-state index contributed by atoms with van der Waals surface area (Å²) in [5.41, 5.74) is 4.44. The van der Waals surface area contributed by atoms with Crippen LogP contribution in [0.3, 0.4) is 0 Å². The molecule has 0 heterocycles. The van der Waals surface area contributed by atoms with Gasteiger partial charge in [-0.05, 0) is 24.6 Å². The number of aryl methyl sites for hydroxylation is 1. The number of hydrogen-bond donors (Lipinski definition) is 2. The molecule has 1 aromatic carbocycles. The molecule has 0 bridgehead atoms. The van der Waals surface area contributed by atoms with Crippen LogP contribution in [0.25, 0.3) is 0 Å². The summed E-state index contributed by atoms with van der Waals surface area (Å²) in [6, 6.07) is 1.31. The van der Waals surface area contributed by atoms with Crippen molar-refractivity contribution >= 4 is 11.7 Å². The van der Waals surface area contributed by atoms with Gasteiger partial charge in [-0.25, -0.2) is 4.79 Å². The molecule has 3 N–H and O–H groups in total. The zero-order chi connectivity index (χ0) is 16.6. The van der Waals surface area contributed by atoms with Gasteiger partial charge in [0.05, 0.1) is 5.56 Å². The Bertz CT molecular complexity index is 538. The van der Waals surface area contributed by atoms with Gasteiger partial charge in [-0.15, -0.1) is 0 Å². The number of anilines is 1. The first-order chi connectivity index (χ1) is 9.34. The number of alkyl halides is 6. The molecule has 0 amide bonds. The van der Waals surface area contributed by atoms with Crippen LogP contribution < -0.4 is 10.5 Å². The monoisotopic (exact) mass is 317 g/mol. The Hall–Kier alpha value is -2.13. The molecule has 21 heavy (non-hydrogen) atoms. The second-order valence-electron chi connectivity index (χ2n) is 4.09. The maximum Gasteiger partial charge on any atom is 0.434 e. The summed E-state index contributed by atoms with van der Waals surface area (Å²) < 4.78 is 78.0. The van der Waals surface area contributed by atoms with Gasteiger partial charge in [0.1, 0.15) is 5.75 Å². The van der Waals surface area contributed by atoms with Crippen LogP contribution in [-0.2, 0) is 0 Å². The van der Waals surface area contributed by atoms with E-state index in [-0.39, 0.29) is 11.3 Å². The zero-order valence-corrected chi connectivity index (χ0v) is 10.3. The van der Waals surface area contributed by atoms with E-state index >= 15 is 0 Å². The normalized spacial score (nSPS) is 12.6. The number of aromatic carboxylic acids is 1. The number of ether oxygens (including phenoxy) is 1. The van der Waals surface area contributed by atoms with Gasteiger partial charge in [0, 0.05) is 5.69 Å². The summed E-state index contributed by atoms with van der Waals surface area (Å²) in [4.78, 5) is 10.8. The molecule has 1 aromatic rings. The Morgan fingerprint density at radius 2 is 1.67 bits per heavy atom. The highest BCUT2D eigenvalue weighted by molar-refractivity contribution is 5.95. The summed E-state index contributed by atoms with van der Waals surface area (Å²) in [7, 11) is 0. The lowest BCUT2D eigenvalue weighted by atomic mass is 10.1. The third kappa shape index (κ3) is 3.92. The summed E-state index contributed by atoms with van der Waals surface area (Å²) in [6.45, 7) is 1.23. The van der Waals surface area contributed by atoms with E-state index in [0.29, 0.717) is 6.07 Å². The van der Waals surface area contributed by atoms with Crippen molar-refractivity contribution in [3.8, 4) is 5.75 Å². The summed E-state index contributed by atoms with van der Waals surface area (Å²) in [6.07, 6.45) is -15.5. The van der Waals surface area contributed by atoms with Crippen molar-refractivity contribution in [3.05, 3.63) is 23.3 Å². The van der Waals surface area contributed by atoms with Crippen molar-refractivity contribution in [3.63, 3.8) is 0 Å². The van der Waals surface area contributed by atoms with Gasteiger partial charge in [0.2, 0.25) is 0 Å². The average Bonchev–Trinajstić information content (AvgIpc) is 2.26. The van der Waals surface area contributed by atoms with Crippen LogP contribution in [0.15, 0.2) is 12.1 Å². The molecule has 0 saturated heterocycles. The quantitative estimate of drug-likeness (QED) is 0.663. The first kappa shape index (κ1) is 16.9. The topological polar surface area (TPSA) is 72.5 Å². The van der Waals surface area contributed by atoms with E-state index < -0.39 is 35.7 Å². The Balaban J connectivity index is 3.26. The van der Waals surface area contributed by atoms with Crippen LogP contribution in [0.5, 0.6) is 5.75 Å². The lowest BCUT2D eigenvalue weighted by Crippen LogP contribution is -2.46. The minimum atomic E-state index is -5.70. The van der Waals surface area contributed by atoms with Crippen molar-refractivity contribution in [2.45, 2.75) is 25.4 Å². The molecule has 0 radical (unpaired) electrons. The molecule has 1 rings (SSSR count). The van der Waals surface area contributed by atoms with Gasteiger partial charge in [0.15, 0.2) is 0 Å². The number of nitrogens with two attached hydrogens (primary N) is 1.